The molecular weight excluding hydrogens is 344 g/mol. The zero-order valence-electron chi connectivity index (χ0n) is 14.0. The van der Waals surface area contributed by atoms with Crippen LogP contribution in [0.4, 0.5) is 5.69 Å². The lowest BCUT2D eigenvalue weighted by molar-refractivity contribution is -0.120. The standard InChI is InChI=1S/C17H22N2O3S2/c1-13-7-4-5-9-16(13)19(24(3,21)22)12-17(20)18-14(2)11-15-8-6-10-23-15/h4-10,14H,11-12H2,1-3H3,(H,18,20). The second-order valence-corrected chi connectivity index (χ2v) is 8.75. The van der Waals surface area contributed by atoms with Crippen LogP contribution in [0.15, 0.2) is 41.8 Å². The third-order valence-corrected chi connectivity index (χ3v) is 5.59. The van der Waals surface area contributed by atoms with Crippen molar-refractivity contribution in [3.05, 3.63) is 52.2 Å². The lowest BCUT2D eigenvalue weighted by Gasteiger charge is -2.24. The molecule has 1 heterocycles. The van der Waals surface area contributed by atoms with Crippen molar-refractivity contribution in [2.45, 2.75) is 26.3 Å². The van der Waals surface area contributed by atoms with Gasteiger partial charge in [-0.1, -0.05) is 24.3 Å². The summed E-state index contributed by atoms with van der Waals surface area (Å²) in [7, 11) is -3.55. The van der Waals surface area contributed by atoms with Gasteiger partial charge in [-0.15, -0.1) is 11.3 Å². The van der Waals surface area contributed by atoms with Crippen molar-refractivity contribution in [3.8, 4) is 0 Å². The summed E-state index contributed by atoms with van der Waals surface area (Å²) < 4.78 is 25.4. The first-order chi connectivity index (χ1) is 11.3. The third-order valence-electron chi connectivity index (χ3n) is 3.57. The van der Waals surface area contributed by atoms with Crippen LogP contribution in [0.25, 0.3) is 0 Å². The number of nitrogens with zero attached hydrogens (tertiary/aromatic N) is 1. The van der Waals surface area contributed by atoms with Crippen LogP contribution in [0.1, 0.15) is 17.4 Å². The van der Waals surface area contributed by atoms with Gasteiger partial charge in [0.25, 0.3) is 0 Å². The Kier molecular flexibility index (Phi) is 6.01. The van der Waals surface area contributed by atoms with Crippen molar-refractivity contribution in [1.82, 2.24) is 5.32 Å². The third kappa shape index (κ3) is 5.07. The monoisotopic (exact) mass is 366 g/mol. The molecule has 1 aromatic carbocycles. The second-order valence-electron chi connectivity index (χ2n) is 5.81. The van der Waals surface area contributed by atoms with Gasteiger partial charge in [0.05, 0.1) is 11.9 Å². The number of nitrogens with one attached hydrogen (secondary N) is 1. The minimum Gasteiger partial charge on any atom is -0.352 e. The summed E-state index contributed by atoms with van der Waals surface area (Å²) in [5.74, 6) is -0.312. The molecule has 7 heteroatoms. The number of thiophene rings is 1. The Hall–Kier alpha value is -1.86. The fourth-order valence-electron chi connectivity index (χ4n) is 2.46. The highest BCUT2D eigenvalue weighted by molar-refractivity contribution is 7.92. The van der Waals surface area contributed by atoms with Gasteiger partial charge in [-0.2, -0.15) is 0 Å². The number of anilines is 1. The first-order valence-corrected chi connectivity index (χ1v) is 10.3. The number of carbonyl (C=O) groups is 1. The van der Waals surface area contributed by atoms with E-state index in [4.69, 9.17) is 0 Å². The molecule has 0 aliphatic carbocycles. The van der Waals surface area contributed by atoms with Crippen LogP contribution in [0, 0.1) is 6.92 Å². The summed E-state index contributed by atoms with van der Waals surface area (Å²) >= 11 is 1.64. The van der Waals surface area contributed by atoms with Gasteiger partial charge in [0.1, 0.15) is 6.54 Å². The summed E-state index contributed by atoms with van der Waals surface area (Å²) in [6.07, 6.45) is 1.84. The Morgan fingerprint density at radius 3 is 2.54 bits per heavy atom. The van der Waals surface area contributed by atoms with Gasteiger partial charge in [-0.25, -0.2) is 8.42 Å². The smallest absolute Gasteiger partial charge is 0.240 e. The van der Waals surface area contributed by atoms with Gasteiger partial charge in [0, 0.05) is 17.3 Å². The normalized spacial score (nSPS) is 12.6. The first-order valence-electron chi connectivity index (χ1n) is 7.62. The van der Waals surface area contributed by atoms with E-state index >= 15 is 0 Å². The largest absolute Gasteiger partial charge is 0.352 e. The summed E-state index contributed by atoms with van der Waals surface area (Å²) in [5.41, 5.74) is 1.34. The van der Waals surface area contributed by atoms with Gasteiger partial charge in [-0.3, -0.25) is 9.10 Å². The summed E-state index contributed by atoms with van der Waals surface area (Å²) in [6, 6.07) is 11.1. The lowest BCUT2D eigenvalue weighted by Crippen LogP contribution is -2.44. The number of sulfonamides is 1. The molecule has 1 unspecified atom stereocenters. The highest BCUT2D eigenvalue weighted by Crippen LogP contribution is 2.21. The maximum absolute atomic E-state index is 12.3. The molecule has 1 aromatic heterocycles. The van der Waals surface area contributed by atoms with Crippen molar-refractivity contribution in [2.24, 2.45) is 0 Å². The first kappa shape index (κ1) is 18.5. The molecule has 2 aromatic rings. The molecule has 1 atom stereocenters. The average Bonchev–Trinajstić information content (AvgIpc) is 2.97. The zero-order chi connectivity index (χ0) is 17.7. The van der Waals surface area contributed by atoms with E-state index in [1.54, 1.807) is 23.5 Å². The van der Waals surface area contributed by atoms with E-state index in [1.165, 1.54) is 4.88 Å². The van der Waals surface area contributed by atoms with Gasteiger partial charge in [0.15, 0.2) is 0 Å². The topological polar surface area (TPSA) is 66.5 Å². The molecule has 5 nitrogen and oxygen atoms in total. The fourth-order valence-corrected chi connectivity index (χ4v) is 4.21. The van der Waals surface area contributed by atoms with Gasteiger partial charge in [0.2, 0.25) is 15.9 Å². The SMILES string of the molecule is Cc1ccccc1N(CC(=O)NC(C)Cc1cccs1)S(C)(=O)=O. The number of aryl methyl sites for hydroxylation is 1. The van der Waals surface area contributed by atoms with E-state index in [1.807, 2.05) is 43.5 Å². The number of benzene rings is 1. The van der Waals surface area contributed by atoms with Crippen LogP contribution < -0.4 is 9.62 Å². The van der Waals surface area contributed by atoms with Crippen LogP contribution in [-0.2, 0) is 21.2 Å². The molecular formula is C17H22N2O3S2. The van der Waals surface area contributed by atoms with E-state index < -0.39 is 10.0 Å². The van der Waals surface area contributed by atoms with Crippen LogP contribution >= 0.6 is 11.3 Å². The van der Waals surface area contributed by atoms with E-state index in [0.717, 1.165) is 22.5 Å². The Morgan fingerprint density at radius 1 is 1.25 bits per heavy atom. The molecule has 0 aliphatic rings. The van der Waals surface area contributed by atoms with E-state index in [-0.39, 0.29) is 18.5 Å². The van der Waals surface area contributed by atoms with Crippen molar-refractivity contribution in [1.29, 1.82) is 0 Å². The van der Waals surface area contributed by atoms with Gasteiger partial charge in [-0.05, 0) is 36.9 Å². The number of para-hydroxylation sites is 1. The number of hydrogen-bond donors (Lipinski definition) is 1. The molecule has 130 valence electrons. The molecule has 0 saturated carbocycles. The fraction of sp³-hybridized carbons (Fsp3) is 0.353. The maximum atomic E-state index is 12.3. The van der Waals surface area contributed by atoms with Crippen LogP contribution in [0.3, 0.4) is 0 Å². The van der Waals surface area contributed by atoms with Crippen molar-refractivity contribution in [3.63, 3.8) is 0 Å². The molecule has 0 bridgehead atoms. The van der Waals surface area contributed by atoms with E-state index in [2.05, 4.69) is 5.32 Å². The van der Waals surface area contributed by atoms with Crippen molar-refractivity contribution < 1.29 is 13.2 Å². The van der Waals surface area contributed by atoms with Crippen LogP contribution in [0.5, 0.6) is 0 Å². The van der Waals surface area contributed by atoms with E-state index in [0.29, 0.717) is 5.69 Å². The van der Waals surface area contributed by atoms with Crippen molar-refractivity contribution in [2.75, 3.05) is 17.1 Å². The predicted octanol–water partition coefficient (Wildman–Crippen LogP) is 2.57. The molecule has 0 radical (unpaired) electrons. The molecule has 0 fully saturated rings. The molecule has 0 spiro atoms. The Balaban J connectivity index is 2.07. The number of rotatable bonds is 7. The predicted molar refractivity (Wildman–Crippen MR) is 99.0 cm³/mol. The Labute approximate surface area is 147 Å². The quantitative estimate of drug-likeness (QED) is 0.819. The molecule has 2 rings (SSSR count). The van der Waals surface area contributed by atoms with Gasteiger partial charge >= 0.3 is 0 Å². The molecule has 0 saturated heterocycles. The highest BCUT2D eigenvalue weighted by Gasteiger charge is 2.22. The van der Waals surface area contributed by atoms with Crippen LogP contribution in [-0.4, -0.2) is 33.2 Å². The lowest BCUT2D eigenvalue weighted by atomic mass is 10.2. The number of amides is 1. The highest BCUT2D eigenvalue weighted by atomic mass is 32.2. The average molecular weight is 367 g/mol. The Bertz CT molecular complexity index is 786. The Morgan fingerprint density at radius 2 is 1.96 bits per heavy atom. The van der Waals surface area contributed by atoms with Crippen LogP contribution in [0.2, 0.25) is 0 Å². The summed E-state index contributed by atoms with van der Waals surface area (Å²) in [6.45, 7) is 3.51. The summed E-state index contributed by atoms with van der Waals surface area (Å²) in [5, 5.41) is 4.87. The minimum atomic E-state index is -3.55. The number of hydrogen-bond acceptors (Lipinski definition) is 4. The zero-order valence-corrected chi connectivity index (χ0v) is 15.7. The second kappa shape index (κ2) is 7.81. The molecule has 1 N–H and O–H groups in total. The molecule has 24 heavy (non-hydrogen) atoms. The van der Waals surface area contributed by atoms with Crippen molar-refractivity contribution >= 4 is 33.0 Å². The maximum Gasteiger partial charge on any atom is 0.240 e. The molecule has 1 amide bonds. The summed E-state index contributed by atoms with van der Waals surface area (Å²) in [4.78, 5) is 13.5. The molecule has 0 aliphatic heterocycles. The van der Waals surface area contributed by atoms with Gasteiger partial charge < -0.3 is 5.32 Å². The number of carbonyl (C=O) groups excluding carboxylic acids is 1. The minimum absolute atomic E-state index is 0.0607. The van der Waals surface area contributed by atoms with E-state index in [9.17, 15) is 13.2 Å².